The molecule has 0 atom stereocenters. The summed E-state index contributed by atoms with van der Waals surface area (Å²) < 4.78 is 5.14. The van der Waals surface area contributed by atoms with Crippen LogP contribution in [-0.2, 0) is 9.59 Å². The Morgan fingerprint density at radius 2 is 2.15 bits per heavy atom. The number of rotatable bonds is 6. The lowest BCUT2D eigenvalue weighted by molar-refractivity contribution is -0.384. The van der Waals surface area contributed by atoms with Gasteiger partial charge in [0.1, 0.15) is 11.4 Å². The van der Waals surface area contributed by atoms with Crippen LogP contribution in [0.25, 0.3) is 0 Å². The minimum atomic E-state index is -0.790. The number of nitro benzene ring substituents is 1. The number of carbonyl (C=O) groups excluding carboxylic acids is 2. The molecule has 1 aromatic carbocycles. The number of nitrogens with zero attached hydrogens (tertiary/aromatic N) is 1. The van der Waals surface area contributed by atoms with Gasteiger partial charge in [0.05, 0.1) is 17.6 Å². The number of amides is 2. The second-order valence-electron chi connectivity index (χ2n) is 3.59. The molecule has 2 amide bonds. The van der Waals surface area contributed by atoms with E-state index in [0.29, 0.717) is 12.4 Å². The molecule has 3 N–H and O–H groups in total. The van der Waals surface area contributed by atoms with E-state index in [1.807, 2.05) is 0 Å². The van der Waals surface area contributed by atoms with Crippen molar-refractivity contribution in [3.63, 3.8) is 0 Å². The van der Waals surface area contributed by atoms with Gasteiger partial charge in [0.25, 0.3) is 5.69 Å². The molecule has 0 unspecified atom stereocenters. The van der Waals surface area contributed by atoms with Crippen LogP contribution in [0.2, 0.25) is 0 Å². The van der Waals surface area contributed by atoms with Gasteiger partial charge in [-0.2, -0.15) is 0 Å². The largest absolute Gasteiger partial charge is 0.494 e. The average Bonchev–Trinajstić information content (AvgIpc) is 2.38. The molecule has 8 heteroatoms. The standard InChI is InChI=1S/C12H13N3O5/c1-2-20-8-3-4-9(10(7-8)15(18)19)14-12(17)6-5-11(13)16/h3-7H,2H2,1H3,(H2,13,16)(H,14,17)/b6-5+. The van der Waals surface area contributed by atoms with E-state index >= 15 is 0 Å². The van der Waals surface area contributed by atoms with Crippen LogP contribution < -0.4 is 15.8 Å². The van der Waals surface area contributed by atoms with Crippen LogP contribution in [0.4, 0.5) is 11.4 Å². The Hall–Kier alpha value is -2.90. The van der Waals surface area contributed by atoms with Crippen LogP contribution in [0.15, 0.2) is 30.4 Å². The Bertz CT molecular complexity index is 568. The summed E-state index contributed by atoms with van der Waals surface area (Å²) in [6, 6.07) is 4.04. The fourth-order valence-electron chi connectivity index (χ4n) is 1.36. The van der Waals surface area contributed by atoms with Crippen molar-refractivity contribution < 1.29 is 19.2 Å². The van der Waals surface area contributed by atoms with E-state index in [-0.39, 0.29) is 11.4 Å². The van der Waals surface area contributed by atoms with Gasteiger partial charge in [0, 0.05) is 12.2 Å². The van der Waals surface area contributed by atoms with E-state index in [9.17, 15) is 19.7 Å². The molecule has 0 aromatic heterocycles. The highest BCUT2D eigenvalue weighted by Gasteiger charge is 2.16. The van der Waals surface area contributed by atoms with Gasteiger partial charge < -0.3 is 15.8 Å². The maximum Gasteiger partial charge on any atom is 0.296 e. The molecule has 0 aliphatic heterocycles. The zero-order valence-corrected chi connectivity index (χ0v) is 10.7. The Morgan fingerprint density at radius 1 is 1.45 bits per heavy atom. The molecule has 106 valence electrons. The number of hydrogen-bond acceptors (Lipinski definition) is 5. The predicted octanol–water partition coefficient (Wildman–Crippen LogP) is 0.974. The number of carbonyl (C=O) groups is 2. The van der Waals surface area contributed by atoms with Gasteiger partial charge in [-0.15, -0.1) is 0 Å². The number of primary amides is 1. The summed E-state index contributed by atoms with van der Waals surface area (Å²) in [4.78, 5) is 32.2. The van der Waals surface area contributed by atoms with Gasteiger partial charge in [-0.25, -0.2) is 0 Å². The number of anilines is 1. The molecule has 0 spiro atoms. The average molecular weight is 279 g/mol. The van der Waals surface area contributed by atoms with E-state index in [4.69, 9.17) is 10.5 Å². The van der Waals surface area contributed by atoms with Gasteiger partial charge in [0.2, 0.25) is 11.8 Å². The van der Waals surface area contributed by atoms with E-state index in [2.05, 4.69) is 5.32 Å². The van der Waals surface area contributed by atoms with Crippen LogP contribution in [-0.4, -0.2) is 23.3 Å². The van der Waals surface area contributed by atoms with Gasteiger partial charge in [0.15, 0.2) is 0 Å². The molecule has 0 radical (unpaired) electrons. The van der Waals surface area contributed by atoms with Crippen molar-refractivity contribution in [1.82, 2.24) is 0 Å². The summed E-state index contributed by atoms with van der Waals surface area (Å²) in [7, 11) is 0. The lowest BCUT2D eigenvalue weighted by atomic mass is 10.2. The topological polar surface area (TPSA) is 125 Å². The molecule has 8 nitrogen and oxygen atoms in total. The van der Waals surface area contributed by atoms with Crippen LogP contribution in [0.1, 0.15) is 6.92 Å². The first-order chi connectivity index (χ1) is 9.43. The smallest absolute Gasteiger partial charge is 0.296 e. The van der Waals surface area contributed by atoms with Crippen LogP contribution in [0, 0.1) is 10.1 Å². The van der Waals surface area contributed by atoms with Crippen LogP contribution in [0.5, 0.6) is 5.75 Å². The third kappa shape index (κ3) is 4.41. The number of nitrogens with two attached hydrogens (primary N) is 1. The SMILES string of the molecule is CCOc1ccc(NC(=O)/C=C/C(N)=O)c([N+](=O)[O-])c1. The number of hydrogen-bond donors (Lipinski definition) is 2. The van der Waals surface area contributed by atoms with Crippen molar-refractivity contribution >= 4 is 23.2 Å². The van der Waals surface area contributed by atoms with Gasteiger partial charge in [-0.1, -0.05) is 0 Å². The molecule has 1 rings (SSSR count). The van der Waals surface area contributed by atoms with Crippen molar-refractivity contribution in [3.8, 4) is 5.75 Å². The summed E-state index contributed by atoms with van der Waals surface area (Å²) in [5.74, 6) is -1.16. The molecule has 0 saturated carbocycles. The zero-order valence-electron chi connectivity index (χ0n) is 10.7. The Balaban J connectivity index is 2.97. The summed E-state index contributed by atoms with van der Waals surface area (Å²) in [5.41, 5.74) is 4.52. The Kier molecular flexibility index (Phi) is 5.21. The van der Waals surface area contributed by atoms with Crippen molar-refractivity contribution in [1.29, 1.82) is 0 Å². The molecule has 0 heterocycles. The lowest BCUT2D eigenvalue weighted by Gasteiger charge is -2.06. The van der Waals surface area contributed by atoms with Crippen LogP contribution in [0.3, 0.4) is 0 Å². The Labute approximate surface area is 114 Å². The lowest BCUT2D eigenvalue weighted by Crippen LogP contribution is -2.12. The summed E-state index contributed by atoms with van der Waals surface area (Å²) in [6.07, 6.45) is 1.75. The molecule has 0 saturated heterocycles. The van der Waals surface area contributed by atoms with E-state index in [1.54, 1.807) is 6.92 Å². The van der Waals surface area contributed by atoms with Crippen molar-refractivity contribution in [2.24, 2.45) is 5.73 Å². The molecule has 20 heavy (non-hydrogen) atoms. The summed E-state index contributed by atoms with van der Waals surface area (Å²) in [6.45, 7) is 2.11. The van der Waals surface area contributed by atoms with Gasteiger partial charge in [-0.3, -0.25) is 19.7 Å². The first-order valence-corrected chi connectivity index (χ1v) is 5.63. The first-order valence-electron chi connectivity index (χ1n) is 5.63. The predicted molar refractivity (Wildman–Crippen MR) is 71.2 cm³/mol. The molecular weight excluding hydrogens is 266 g/mol. The van der Waals surface area contributed by atoms with E-state index in [0.717, 1.165) is 12.2 Å². The third-order valence-corrected chi connectivity index (χ3v) is 2.13. The van der Waals surface area contributed by atoms with Crippen molar-refractivity contribution in [2.45, 2.75) is 6.92 Å². The highest BCUT2D eigenvalue weighted by Crippen LogP contribution is 2.29. The minimum absolute atomic E-state index is 0.00225. The minimum Gasteiger partial charge on any atom is -0.494 e. The number of ether oxygens (including phenoxy) is 1. The highest BCUT2D eigenvalue weighted by molar-refractivity contribution is 6.04. The van der Waals surface area contributed by atoms with Gasteiger partial charge >= 0.3 is 0 Å². The number of benzene rings is 1. The van der Waals surface area contributed by atoms with Crippen LogP contribution >= 0.6 is 0 Å². The second-order valence-corrected chi connectivity index (χ2v) is 3.59. The number of nitro groups is 1. The van der Waals surface area contributed by atoms with Gasteiger partial charge in [-0.05, 0) is 19.1 Å². The fraction of sp³-hybridized carbons (Fsp3) is 0.167. The second kappa shape index (κ2) is 6.88. The molecule has 0 aliphatic carbocycles. The molecular formula is C12H13N3O5. The third-order valence-electron chi connectivity index (χ3n) is 2.13. The molecule has 0 bridgehead atoms. The maximum atomic E-state index is 11.4. The summed E-state index contributed by atoms with van der Waals surface area (Å²) in [5, 5.41) is 13.2. The Morgan fingerprint density at radius 3 is 2.70 bits per heavy atom. The quantitative estimate of drug-likeness (QED) is 0.456. The number of nitrogens with one attached hydrogen (secondary N) is 1. The van der Waals surface area contributed by atoms with E-state index < -0.39 is 16.7 Å². The monoisotopic (exact) mass is 279 g/mol. The molecule has 1 aromatic rings. The van der Waals surface area contributed by atoms with Crippen molar-refractivity contribution in [3.05, 3.63) is 40.5 Å². The van der Waals surface area contributed by atoms with E-state index in [1.165, 1.54) is 18.2 Å². The first kappa shape index (κ1) is 15.2. The normalized spacial score (nSPS) is 10.2. The molecule has 0 aliphatic rings. The highest BCUT2D eigenvalue weighted by atomic mass is 16.6. The zero-order chi connectivity index (χ0) is 15.1. The van der Waals surface area contributed by atoms with Crippen molar-refractivity contribution in [2.75, 3.05) is 11.9 Å². The molecule has 0 fully saturated rings. The summed E-state index contributed by atoms with van der Waals surface area (Å²) >= 11 is 0. The maximum absolute atomic E-state index is 11.4. The fourth-order valence-corrected chi connectivity index (χ4v) is 1.36.